The third-order valence-electron chi connectivity index (χ3n) is 2.46. The summed E-state index contributed by atoms with van der Waals surface area (Å²) in [6.07, 6.45) is 0.640. The Bertz CT molecular complexity index is 553. The molecule has 2 N–H and O–H groups in total. The summed E-state index contributed by atoms with van der Waals surface area (Å²) in [5, 5.41) is 1.03. The van der Waals surface area contributed by atoms with E-state index < -0.39 is 0 Å². The molecule has 0 aromatic carbocycles. The maximum Gasteiger partial charge on any atom is 0.216 e. The normalized spacial score (nSPS) is 10.7. The number of methoxy groups -OCH3 is 1. The van der Waals surface area contributed by atoms with Crippen molar-refractivity contribution in [3.8, 4) is 16.5 Å². The van der Waals surface area contributed by atoms with Crippen LogP contribution >= 0.6 is 11.3 Å². The Morgan fingerprint density at radius 3 is 2.61 bits per heavy atom. The van der Waals surface area contributed by atoms with Gasteiger partial charge in [-0.1, -0.05) is 0 Å². The second-order valence-electron chi connectivity index (χ2n) is 3.90. The van der Waals surface area contributed by atoms with Crippen molar-refractivity contribution in [2.45, 2.75) is 20.3 Å². The lowest BCUT2D eigenvalue weighted by atomic mass is 10.2. The number of aromatic nitrogens is 3. The van der Waals surface area contributed by atoms with E-state index in [1.54, 1.807) is 18.4 Å². The average Bonchev–Trinajstić information content (AvgIpc) is 2.68. The number of hydrogen-bond donors (Lipinski definition) is 1. The van der Waals surface area contributed by atoms with Gasteiger partial charge in [-0.15, -0.1) is 11.3 Å². The molecule has 5 nitrogen and oxygen atoms in total. The predicted octanol–water partition coefficient (Wildman–Crippen LogP) is 1.73. The maximum atomic E-state index is 5.54. The van der Waals surface area contributed by atoms with Gasteiger partial charge in [0.25, 0.3) is 0 Å². The molecule has 0 saturated heterocycles. The van der Waals surface area contributed by atoms with E-state index in [1.807, 2.05) is 19.9 Å². The zero-order valence-corrected chi connectivity index (χ0v) is 11.5. The molecular weight excluding hydrogens is 248 g/mol. The van der Waals surface area contributed by atoms with Crippen molar-refractivity contribution in [2.24, 2.45) is 5.73 Å². The fourth-order valence-corrected chi connectivity index (χ4v) is 2.58. The van der Waals surface area contributed by atoms with Crippen LogP contribution in [0.5, 0.6) is 5.88 Å². The second-order valence-corrected chi connectivity index (χ2v) is 5.10. The largest absolute Gasteiger partial charge is 0.481 e. The van der Waals surface area contributed by atoms with Gasteiger partial charge in [-0.05, 0) is 20.4 Å². The van der Waals surface area contributed by atoms with Gasteiger partial charge in [-0.3, -0.25) is 0 Å². The van der Waals surface area contributed by atoms with Gasteiger partial charge in [-0.2, -0.15) is 4.98 Å². The standard InChI is InChI=1S/C12H16N4OS/c1-7-12(18-8(2)14-7)9-6-11(17-3)16-10(15-9)4-5-13/h6H,4-5,13H2,1-3H3. The van der Waals surface area contributed by atoms with Crippen LogP contribution in [0, 0.1) is 13.8 Å². The molecule has 2 heterocycles. The van der Waals surface area contributed by atoms with Crippen LogP contribution in [0.15, 0.2) is 6.07 Å². The van der Waals surface area contributed by atoms with Gasteiger partial charge < -0.3 is 10.5 Å². The monoisotopic (exact) mass is 264 g/mol. The SMILES string of the molecule is COc1cc(-c2sc(C)nc2C)nc(CCN)n1. The van der Waals surface area contributed by atoms with E-state index >= 15 is 0 Å². The first kappa shape index (κ1) is 12.9. The molecule has 0 saturated carbocycles. The minimum Gasteiger partial charge on any atom is -0.481 e. The zero-order valence-electron chi connectivity index (χ0n) is 10.7. The highest BCUT2D eigenvalue weighted by atomic mass is 32.1. The Labute approximate surface area is 110 Å². The summed E-state index contributed by atoms with van der Waals surface area (Å²) < 4.78 is 5.20. The topological polar surface area (TPSA) is 73.9 Å². The van der Waals surface area contributed by atoms with Crippen LogP contribution in [0.1, 0.15) is 16.5 Å². The highest BCUT2D eigenvalue weighted by Crippen LogP contribution is 2.29. The highest BCUT2D eigenvalue weighted by molar-refractivity contribution is 7.15. The molecule has 0 aliphatic rings. The molecule has 2 rings (SSSR count). The molecule has 0 bridgehead atoms. The van der Waals surface area contributed by atoms with E-state index in [-0.39, 0.29) is 0 Å². The lowest BCUT2D eigenvalue weighted by Crippen LogP contribution is -2.07. The Kier molecular flexibility index (Phi) is 3.88. The number of rotatable bonds is 4. The Morgan fingerprint density at radius 2 is 2.06 bits per heavy atom. The van der Waals surface area contributed by atoms with Crippen LogP contribution in [0.3, 0.4) is 0 Å². The highest BCUT2D eigenvalue weighted by Gasteiger charge is 2.12. The number of thiazole rings is 1. The van der Waals surface area contributed by atoms with Crippen molar-refractivity contribution in [3.63, 3.8) is 0 Å². The quantitative estimate of drug-likeness (QED) is 0.910. The molecule has 18 heavy (non-hydrogen) atoms. The van der Waals surface area contributed by atoms with E-state index in [0.29, 0.717) is 24.7 Å². The van der Waals surface area contributed by atoms with E-state index in [2.05, 4.69) is 15.0 Å². The van der Waals surface area contributed by atoms with Crippen LogP contribution in [-0.4, -0.2) is 28.6 Å². The summed E-state index contributed by atoms with van der Waals surface area (Å²) in [4.78, 5) is 14.3. The van der Waals surface area contributed by atoms with Gasteiger partial charge in [0.1, 0.15) is 5.82 Å². The van der Waals surface area contributed by atoms with Crippen molar-refractivity contribution in [1.82, 2.24) is 15.0 Å². The van der Waals surface area contributed by atoms with Crippen LogP contribution in [0.4, 0.5) is 0 Å². The summed E-state index contributed by atoms with van der Waals surface area (Å²) in [5.74, 6) is 1.27. The first-order valence-electron chi connectivity index (χ1n) is 5.70. The van der Waals surface area contributed by atoms with E-state index in [9.17, 15) is 0 Å². The van der Waals surface area contributed by atoms with Gasteiger partial charge in [-0.25, -0.2) is 9.97 Å². The van der Waals surface area contributed by atoms with Gasteiger partial charge >= 0.3 is 0 Å². The van der Waals surface area contributed by atoms with E-state index in [4.69, 9.17) is 10.5 Å². The predicted molar refractivity (Wildman–Crippen MR) is 71.9 cm³/mol. The summed E-state index contributed by atoms with van der Waals surface area (Å²) in [7, 11) is 1.60. The molecule has 0 fully saturated rings. The lowest BCUT2D eigenvalue weighted by Gasteiger charge is -2.05. The number of nitrogens with zero attached hydrogens (tertiary/aromatic N) is 3. The molecule has 6 heteroatoms. The molecular formula is C12H16N4OS. The number of nitrogens with two attached hydrogens (primary N) is 1. The van der Waals surface area contributed by atoms with Crippen LogP contribution in [0.2, 0.25) is 0 Å². The fourth-order valence-electron chi connectivity index (χ4n) is 1.70. The summed E-state index contributed by atoms with van der Waals surface area (Å²) in [6, 6.07) is 1.83. The van der Waals surface area contributed by atoms with Crippen molar-refractivity contribution in [1.29, 1.82) is 0 Å². The van der Waals surface area contributed by atoms with E-state index in [1.165, 1.54) is 0 Å². The van der Waals surface area contributed by atoms with Gasteiger partial charge in [0.15, 0.2) is 0 Å². The van der Waals surface area contributed by atoms with Crippen LogP contribution in [-0.2, 0) is 6.42 Å². The third kappa shape index (κ3) is 2.65. The summed E-state index contributed by atoms with van der Waals surface area (Å²) in [6.45, 7) is 4.49. The minimum absolute atomic E-state index is 0.521. The van der Waals surface area contributed by atoms with Gasteiger partial charge in [0.2, 0.25) is 5.88 Å². The lowest BCUT2D eigenvalue weighted by molar-refractivity contribution is 0.395. The molecule has 0 spiro atoms. The summed E-state index contributed by atoms with van der Waals surface area (Å²) >= 11 is 1.63. The third-order valence-corrected chi connectivity index (χ3v) is 3.56. The Morgan fingerprint density at radius 1 is 1.28 bits per heavy atom. The van der Waals surface area contributed by atoms with Crippen LogP contribution in [0.25, 0.3) is 10.6 Å². The summed E-state index contributed by atoms with van der Waals surface area (Å²) in [5.41, 5.74) is 7.38. The molecule has 2 aromatic heterocycles. The maximum absolute atomic E-state index is 5.54. The minimum atomic E-state index is 0.521. The first-order valence-corrected chi connectivity index (χ1v) is 6.52. The molecule has 0 atom stereocenters. The van der Waals surface area contributed by atoms with Crippen molar-refractivity contribution >= 4 is 11.3 Å². The van der Waals surface area contributed by atoms with Crippen LogP contribution < -0.4 is 10.5 Å². The van der Waals surface area contributed by atoms with Gasteiger partial charge in [0, 0.05) is 12.5 Å². The average molecular weight is 264 g/mol. The fraction of sp³-hybridized carbons (Fsp3) is 0.417. The Hall–Kier alpha value is -1.53. The zero-order chi connectivity index (χ0) is 13.1. The van der Waals surface area contributed by atoms with Crippen molar-refractivity contribution < 1.29 is 4.74 Å². The molecule has 96 valence electrons. The molecule has 0 aliphatic carbocycles. The molecule has 0 unspecified atom stereocenters. The smallest absolute Gasteiger partial charge is 0.216 e. The number of ether oxygens (including phenoxy) is 1. The number of aryl methyl sites for hydroxylation is 2. The van der Waals surface area contributed by atoms with E-state index in [0.717, 1.165) is 21.3 Å². The molecule has 0 aliphatic heterocycles. The van der Waals surface area contributed by atoms with Crippen molar-refractivity contribution in [3.05, 3.63) is 22.6 Å². The first-order chi connectivity index (χ1) is 8.63. The van der Waals surface area contributed by atoms with Gasteiger partial charge in [0.05, 0.1) is 28.4 Å². The molecule has 2 aromatic rings. The van der Waals surface area contributed by atoms with Crippen molar-refractivity contribution in [2.75, 3.05) is 13.7 Å². The molecule has 0 amide bonds. The second kappa shape index (κ2) is 5.41. The molecule has 0 radical (unpaired) electrons. The number of hydrogen-bond acceptors (Lipinski definition) is 6. The Balaban J connectivity index is 2.49.